The fourth-order valence-electron chi connectivity index (χ4n) is 4.13. The van der Waals surface area contributed by atoms with E-state index in [2.05, 4.69) is 15.6 Å². The summed E-state index contributed by atoms with van der Waals surface area (Å²) in [4.78, 5) is 28.5. The number of pyridine rings is 1. The third-order valence-electron chi connectivity index (χ3n) is 5.80. The molecule has 2 fully saturated rings. The molecule has 28 heavy (non-hydrogen) atoms. The van der Waals surface area contributed by atoms with Gasteiger partial charge < -0.3 is 20.5 Å². The fourth-order valence-corrected chi connectivity index (χ4v) is 4.13. The Morgan fingerprint density at radius 2 is 1.86 bits per heavy atom. The second kappa shape index (κ2) is 10.5. The van der Waals surface area contributed by atoms with Crippen LogP contribution >= 0.6 is 0 Å². The van der Waals surface area contributed by atoms with E-state index in [0.29, 0.717) is 12.1 Å². The average Bonchev–Trinajstić information content (AvgIpc) is 2.75. The van der Waals surface area contributed by atoms with Gasteiger partial charge in [0.25, 0.3) is 5.91 Å². The fraction of sp³-hybridized carbons (Fsp3) is 0.667. The minimum absolute atomic E-state index is 0.0158. The van der Waals surface area contributed by atoms with Crippen molar-refractivity contribution in [3.8, 4) is 0 Å². The largest absolute Gasteiger partial charge is 0.394 e. The molecule has 0 spiro atoms. The van der Waals surface area contributed by atoms with Crippen LogP contribution in [0.5, 0.6) is 0 Å². The Bertz CT molecular complexity index is 634. The highest BCUT2D eigenvalue weighted by Gasteiger charge is 2.32. The Labute approximate surface area is 166 Å². The molecule has 1 aliphatic heterocycles. The molecule has 3 N–H and O–H groups in total. The first-order valence-electron chi connectivity index (χ1n) is 10.4. The third kappa shape index (κ3) is 5.75. The zero-order valence-corrected chi connectivity index (χ0v) is 16.3. The van der Waals surface area contributed by atoms with Crippen molar-refractivity contribution in [3.63, 3.8) is 0 Å². The summed E-state index contributed by atoms with van der Waals surface area (Å²) in [7, 11) is 0. The van der Waals surface area contributed by atoms with Crippen LogP contribution < -0.4 is 10.6 Å². The maximum atomic E-state index is 12.3. The first kappa shape index (κ1) is 20.7. The maximum Gasteiger partial charge on any atom is 0.251 e. The number of rotatable bonds is 7. The van der Waals surface area contributed by atoms with E-state index in [9.17, 15) is 14.7 Å². The highest BCUT2D eigenvalue weighted by atomic mass is 16.5. The average molecular weight is 389 g/mol. The summed E-state index contributed by atoms with van der Waals surface area (Å²) < 4.78 is 5.98. The second-order valence-corrected chi connectivity index (χ2v) is 7.79. The van der Waals surface area contributed by atoms with Crippen LogP contribution in [0.15, 0.2) is 24.5 Å². The van der Waals surface area contributed by atoms with Crippen molar-refractivity contribution in [2.45, 2.75) is 69.6 Å². The van der Waals surface area contributed by atoms with Gasteiger partial charge in [0.1, 0.15) is 6.10 Å². The van der Waals surface area contributed by atoms with Gasteiger partial charge in [0.2, 0.25) is 5.91 Å². The van der Waals surface area contributed by atoms with Crippen LogP contribution in [0, 0.1) is 5.92 Å². The smallest absolute Gasteiger partial charge is 0.251 e. The van der Waals surface area contributed by atoms with Crippen LogP contribution in [0.2, 0.25) is 0 Å². The van der Waals surface area contributed by atoms with Crippen LogP contribution in [-0.2, 0) is 9.53 Å². The predicted molar refractivity (Wildman–Crippen MR) is 105 cm³/mol. The number of aliphatic hydroxyl groups is 1. The summed E-state index contributed by atoms with van der Waals surface area (Å²) in [6.07, 6.45) is 10.5. The van der Waals surface area contributed by atoms with E-state index >= 15 is 0 Å². The molecule has 7 heteroatoms. The summed E-state index contributed by atoms with van der Waals surface area (Å²) in [6, 6.07) is 3.09. The topological polar surface area (TPSA) is 101 Å². The van der Waals surface area contributed by atoms with Gasteiger partial charge in [-0.3, -0.25) is 14.6 Å². The lowest BCUT2D eigenvalue weighted by Crippen LogP contribution is -2.51. The molecule has 0 bridgehead atoms. The van der Waals surface area contributed by atoms with Crippen molar-refractivity contribution in [3.05, 3.63) is 30.1 Å². The minimum Gasteiger partial charge on any atom is -0.394 e. The number of nitrogens with one attached hydrogen (secondary N) is 2. The Morgan fingerprint density at radius 3 is 2.57 bits per heavy atom. The molecule has 2 amide bonds. The van der Waals surface area contributed by atoms with Crippen molar-refractivity contribution >= 4 is 11.8 Å². The van der Waals surface area contributed by atoms with Crippen LogP contribution in [-0.4, -0.2) is 53.3 Å². The van der Waals surface area contributed by atoms with E-state index in [1.165, 1.54) is 6.42 Å². The van der Waals surface area contributed by atoms with Crippen LogP contribution in [0.4, 0.5) is 0 Å². The molecule has 1 saturated heterocycles. The number of hydrogen-bond donors (Lipinski definition) is 3. The molecule has 0 unspecified atom stereocenters. The van der Waals surface area contributed by atoms with Gasteiger partial charge in [0.15, 0.2) is 0 Å². The van der Waals surface area contributed by atoms with Crippen LogP contribution in [0.3, 0.4) is 0 Å². The zero-order chi connectivity index (χ0) is 19.8. The molecule has 7 nitrogen and oxygen atoms in total. The van der Waals surface area contributed by atoms with Crippen LogP contribution in [0.1, 0.15) is 61.7 Å². The number of ether oxygens (including phenoxy) is 1. The van der Waals surface area contributed by atoms with Gasteiger partial charge in [0, 0.05) is 30.4 Å². The van der Waals surface area contributed by atoms with Gasteiger partial charge in [0.05, 0.1) is 18.8 Å². The van der Waals surface area contributed by atoms with Gasteiger partial charge in [-0.15, -0.1) is 0 Å². The first-order valence-corrected chi connectivity index (χ1v) is 10.4. The predicted octanol–water partition coefficient (Wildman–Crippen LogP) is 1.81. The van der Waals surface area contributed by atoms with Crippen LogP contribution in [0.25, 0.3) is 0 Å². The van der Waals surface area contributed by atoms with Gasteiger partial charge in [-0.1, -0.05) is 19.3 Å². The second-order valence-electron chi connectivity index (χ2n) is 7.79. The summed E-state index contributed by atoms with van der Waals surface area (Å²) in [5, 5.41) is 15.7. The van der Waals surface area contributed by atoms with E-state index in [0.717, 1.165) is 44.9 Å². The Hall–Kier alpha value is -1.99. The Kier molecular flexibility index (Phi) is 7.80. The van der Waals surface area contributed by atoms with Gasteiger partial charge in [-0.05, 0) is 44.2 Å². The maximum absolute atomic E-state index is 12.3. The van der Waals surface area contributed by atoms with E-state index in [-0.39, 0.29) is 36.5 Å². The molecular weight excluding hydrogens is 358 g/mol. The minimum atomic E-state index is -0.432. The van der Waals surface area contributed by atoms with Crippen molar-refractivity contribution in [2.24, 2.45) is 5.92 Å². The van der Waals surface area contributed by atoms with Crippen molar-refractivity contribution in [1.29, 1.82) is 0 Å². The molecule has 1 aromatic rings. The molecule has 0 aromatic carbocycles. The molecule has 154 valence electrons. The number of hydrogen-bond acceptors (Lipinski definition) is 5. The van der Waals surface area contributed by atoms with Crippen molar-refractivity contribution in [2.75, 3.05) is 13.2 Å². The number of carbonyl (C=O) groups is 2. The molecule has 2 aliphatic rings. The summed E-state index contributed by atoms with van der Waals surface area (Å²) in [5.74, 6) is 0.142. The van der Waals surface area contributed by atoms with E-state index < -0.39 is 6.10 Å². The Balaban J connectivity index is 1.41. The normalized spacial score (nSPS) is 25.8. The van der Waals surface area contributed by atoms with E-state index in [1.807, 2.05) is 0 Å². The monoisotopic (exact) mass is 389 g/mol. The molecular formula is C21H31N3O4. The Morgan fingerprint density at radius 1 is 1.11 bits per heavy atom. The zero-order valence-electron chi connectivity index (χ0n) is 16.3. The van der Waals surface area contributed by atoms with E-state index in [4.69, 9.17) is 4.74 Å². The van der Waals surface area contributed by atoms with Gasteiger partial charge in [-0.25, -0.2) is 0 Å². The summed E-state index contributed by atoms with van der Waals surface area (Å²) in [6.45, 7) is 0.443. The molecule has 2 heterocycles. The molecule has 1 saturated carbocycles. The number of amides is 2. The lowest BCUT2D eigenvalue weighted by atomic mass is 9.88. The summed E-state index contributed by atoms with van der Waals surface area (Å²) in [5.41, 5.74) is 0.541. The standard InChI is InChI=1S/C21H31N3O4/c25-14-19-18(24-21(27)16-8-11-22-12-9-16)7-6-17(28-19)10-13-23-20(26)15-4-2-1-3-5-15/h8-9,11-12,15,17-19,25H,1-7,10,13-14H2,(H,23,26)(H,24,27)/t17-,18+,19-/m1/s1. The number of aliphatic hydroxyl groups excluding tert-OH is 1. The lowest BCUT2D eigenvalue weighted by molar-refractivity contribution is -0.126. The van der Waals surface area contributed by atoms with Crippen molar-refractivity contribution in [1.82, 2.24) is 15.6 Å². The third-order valence-corrected chi connectivity index (χ3v) is 5.80. The summed E-state index contributed by atoms with van der Waals surface area (Å²) >= 11 is 0. The molecule has 3 atom stereocenters. The number of aromatic nitrogens is 1. The van der Waals surface area contributed by atoms with E-state index in [1.54, 1.807) is 24.5 Å². The number of nitrogens with zero attached hydrogens (tertiary/aromatic N) is 1. The molecule has 1 aromatic heterocycles. The molecule has 0 radical (unpaired) electrons. The highest BCUT2D eigenvalue weighted by Crippen LogP contribution is 2.24. The first-order chi connectivity index (χ1) is 13.7. The SMILES string of the molecule is O=C(N[C@H]1CC[C@H](CCNC(=O)C2CCCCC2)O[C@@H]1CO)c1ccncc1. The number of carbonyl (C=O) groups excluding carboxylic acids is 2. The highest BCUT2D eigenvalue weighted by molar-refractivity contribution is 5.94. The molecule has 3 rings (SSSR count). The quantitative estimate of drug-likeness (QED) is 0.660. The van der Waals surface area contributed by atoms with Gasteiger partial charge in [-0.2, -0.15) is 0 Å². The lowest BCUT2D eigenvalue weighted by Gasteiger charge is -2.36. The van der Waals surface area contributed by atoms with Gasteiger partial charge >= 0.3 is 0 Å². The molecule has 1 aliphatic carbocycles. The van der Waals surface area contributed by atoms with Crippen molar-refractivity contribution < 1.29 is 19.4 Å².